The lowest BCUT2D eigenvalue weighted by atomic mass is 9.66. The molecular weight excluding hydrogens is 331 g/mol. The molecule has 0 unspecified atom stereocenters. The van der Waals surface area contributed by atoms with Gasteiger partial charge in [0.25, 0.3) is 0 Å². The second-order valence-corrected chi connectivity index (χ2v) is 6.77. The Labute approximate surface area is 146 Å². The zero-order chi connectivity index (χ0) is 19.2. The molecule has 0 saturated heterocycles. The zero-order valence-electron chi connectivity index (χ0n) is 14.1. The van der Waals surface area contributed by atoms with Gasteiger partial charge in [0.2, 0.25) is 11.8 Å². The van der Waals surface area contributed by atoms with Gasteiger partial charge in [0, 0.05) is 12.5 Å². The molecule has 0 heterocycles. The highest BCUT2D eigenvalue weighted by atomic mass is 16.4. The fourth-order valence-electron chi connectivity index (χ4n) is 3.28. The Kier molecular flexibility index (Phi) is 7.80. The average molecular weight is 358 g/mol. The second kappa shape index (κ2) is 9.13. The van der Waals surface area contributed by atoms with E-state index in [9.17, 15) is 19.5 Å². The maximum absolute atomic E-state index is 11.9. The van der Waals surface area contributed by atoms with Crippen LogP contribution in [0.4, 0.5) is 0 Å². The number of nitrogens with two attached hydrogens (primary N) is 3. The molecule has 0 aromatic carbocycles. The van der Waals surface area contributed by atoms with Gasteiger partial charge in [-0.05, 0) is 31.5 Å². The monoisotopic (exact) mass is 358 g/mol. The van der Waals surface area contributed by atoms with Gasteiger partial charge in [0.05, 0.1) is 12.5 Å². The molecule has 4 atom stereocenters. The van der Waals surface area contributed by atoms with E-state index in [1.165, 1.54) is 0 Å². The molecule has 0 aromatic heterocycles. The zero-order valence-corrected chi connectivity index (χ0v) is 14.1. The number of aliphatic carboxylic acids is 1. The molecule has 0 bridgehead atoms. The highest BCUT2D eigenvalue weighted by Crippen LogP contribution is 2.38. The fraction of sp³-hybridized carbons (Fsp3) is 0.786. The van der Waals surface area contributed by atoms with Crippen molar-refractivity contribution in [3.8, 4) is 0 Å². The van der Waals surface area contributed by atoms with E-state index < -0.39 is 42.4 Å². The average Bonchev–Trinajstić information content (AvgIpc) is 2.50. The predicted molar refractivity (Wildman–Crippen MR) is 89.8 cm³/mol. The molecule has 1 fully saturated rings. The first kappa shape index (κ1) is 21.4. The highest BCUT2D eigenvalue weighted by molar-refractivity contribution is 6.40. The first-order chi connectivity index (χ1) is 11.6. The Bertz CT molecular complexity index is 506. The highest BCUT2D eigenvalue weighted by Gasteiger charge is 2.47. The Morgan fingerprint density at radius 1 is 1.28 bits per heavy atom. The number of carboxylic acid groups (broad SMARTS) is 1. The predicted octanol–water partition coefficient (Wildman–Crippen LogP) is -2.63. The van der Waals surface area contributed by atoms with Gasteiger partial charge in [-0.2, -0.15) is 0 Å². The largest absolute Gasteiger partial charge is 0.480 e. The smallest absolute Gasteiger partial charge is 0.451 e. The molecule has 0 radical (unpaired) electrons. The van der Waals surface area contributed by atoms with E-state index in [4.69, 9.17) is 27.2 Å². The maximum atomic E-state index is 11.9. The fourth-order valence-corrected chi connectivity index (χ4v) is 3.28. The molecule has 0 aliphatic heterocycles. The Hall–Kier alpha value is -1.69. The number of amides is 2. The Morgan fingerprint density at radius 3 is 2.44 bits per heavy atom. The first-order valence-electron chi connectivity index (χ1n) is 8.26. The van der Waals surface area contributed by atoms with Crippen molar-refractivity contribution in [3.63, 3.8) is 0 Å². The molecule has 0 aromatic rings. The molecule has 10 nitrogen and oxygen atoms in total. The van der Waals surface area contributed by atoms with E-state index in [-0.39, 0.29) is 31.6 Å². The summed E-state index contributed by atoms with van der Waals surface area (Å²) in [6.07, 6.45) is 1.65. The minimum atomic E-state index is -1.52. The van der Waals surface area contributed by atoms with Crippen molar-refractivity contribution in [2.45, 2.75) is 50.0 Å². The molecule has 1 aliphatic carbocycles. The lowest BCUT2D eigenvalue weighted by Crippen LogP contribution is -2.60. The van der Waals surface area contributed by atoms with Crippen molar-refractivity contribution in [1.82, 2.24) is 5.32 Å². The van der Waals surface area contributed by atoms with E-state index in [1.54, 1.807) is 0 Å². The van der Waals surface area contributed by atoms with Crippen LogP contribution in [0, 0.1) is 11.8 Å². The minimum absolute atomic E-state index is 0.0312. The van der Waals surface area contributed by atoms with Gasteiger partial charge < -0.3 is 37.7 Å². The van der Waals surface area contributed by atoms with Crippen molar-refractivity contribution in [3.05, 3.63) is 0 Å². The Balaban J connectivity index is 2.65. The number of primary amides is 1. The van der Waals surface area contributed by atoms with Crippen molar-refractivity contribution >= 4 is 24.9 Å². The van der Waals surface area contributed by atoms with Gasteiger partial charge in [0.1, 0.15) is 5.54 Å². The number of hydrogen-bond acceptors (Lipinski definition) is 7. The molecule has 0 spiro atoms. The number of carbonyl (C=O) groups is 3. The molecule has 1 aliphatic rings. The van der Waals surface area contributed by atoms with Crippen LogP contribution in [0.15, 0.2) is 0 Å². The summed E-state index contributed by atoms with van der Waals surface area (Å²) in [5, 5.41) is 30.0. The molecule has 1 saturated carbocycles. The van der Waals surface area contributed by atoms with Gasteiger partial charge in [-0.15, -0.1) is 0 Å². The summed E-state index contributed by atoms with van der Waals surface area (Å²) in [5.41, 5.74) is 15.1. The molecule has 2 amide bonds. The van der Waals surface area contributed by atoms with Crippen LogP contribution in [0.5, 0.6) is 0 Å². The summed E-state index contributed by atoms with van der Waals surface area (Å²) in [6, 6.07) is -1.09. The third-order valence-corrected chi connectivity index (χ3v) is 4.79. The lowest BCUT2D eigenvalue weighted by molar-refractivity contribution is -0.148. The van der Waals surface area contributed by atoms with Crippen molar-refractivity contribution in [2.24, 2.45) is 29.0 Å². The lowest BCUT2D eigenvalue weighted by Gasteiger charge is -2.41. The summed E-state index contributed by atoms with van der Waals surface area (Å²) in [4.78, 5) is 34.3. The van der Waals surface area contributed by atoms with Crippen LogP contribution in [0.3, 0.4) is 0 Å². The van der Waals surface area contributed by atoms with Gasteiger partial charge >= 0.3 is 13.1 Å². The summed E-state index contributed by atoms with van der Waals surface area (Å²) in [6.45, 7) is 0.0312. The van der Waals surface area contributed by atoms with Gasteiger partial charge in [-0.25, -0.2) is 0 Å². The van der Waals surface area contributed by atoms with Crippen LogP contribution < -0.4 is 22.5 Å². The standard InChI is InChI=1S/C14H27BN4O6/c16-10(5-11(17)20)12(21)19-7-9-2-1-8(3-4-15(24)25)6-14(9,18)13(22)23/h8-10,24-25H,1-7,16,18H2,(H2,17,20)(H,19,21)(H,22,23)/t8-,9-,10-,14+/m0/s1. The van der Waals surface area contributed by atoms with Crippen molar-refractivity contribution in [1.29, 1.82) is 0 Å². The van der Waals surface area contributed by atoms with Gasteiger partial charge in [0.15, 0.2) is 0 Å². The van der Waals surface area contributed by atoms with E-state index >= 15 is 0 Å². The van der Waals surface area contributed by atoms with Crippen molar-refractivity contribution in [2.75, 3.05) is 6.54 Å². The van der Waals surface area contributed by atoms with Gasteiger partial charge in [-0.3, -0.25) is 14.4 Å². The van der Waals surface area contributed by atoms with Crippen LogP contribution in [0.1, 0.15) is 32.1 Å². The van der Waals surface area contributed by atoms with Crippen molar-refractivity contribution < 1.29 is 29.5 Å². The van der Waals surface area contributed by atoms with Crippen LogP contribution in [-0.4, -0.2) is 58.2 Å². The Morgan fingerprint density at radius 2 is 1.92 bits per heavy atom. The number of rotatable bonds is 9. The topological polar surface area (TPSA) is 202 Å². The molecule has 142 valence electrons. The summed E-state index contributed by atoms with van der Waals surface area (Å²) in [7, 11) is -1.43. The SMILES string of the molecule is NC(=O)C[C@H](N)C(=O)NC[C@@H]1CC[C@@H](CCB(O)O)C[C@]1(N)C(=O)O. The quantitative estimate of drug-likeness (QED) is 0.217. The van der Waals surface area contributed by atoms with E-state index in [0.717, 1.165) is 0 Å². The third kappa shape index (κ3) is 6.27. The summed E-state index contributed by atoms with van der Waals surface area (Å²) < 4.78 is 0. The normalized spacial score (nSPS) is 27.4. The molecular formula is C14H27BN4O6. The molecule has 10 N–H and O–H groups in total. The number of hydrogen-bond donors (Lipinski definition) is 7. The van der Waals surface area contributed by atoms with E-state index in [0.29, 0.717) is 19.3 Å². The van der Waals surface area contributed by atoms with E-state index in [2.05, 4.69) is 5.32 Å². The van der Waals surface area contributed by atoms with Crippen LogP contribution in [0.2, 0.25) is 6.32 Å². The van der Waals surface area contributed by atoms with Crippen LogP contribution in [-0.2, 0) is 14.4 Å². The third-order valence-electron chi connectivity index (χ3n) is 4.79. The molecule has 25 heavy (non-hydrogen) atoms. The van der Waals surface area contributed by atoms with E-state index in [1.807, 2.05) is 0 Å². The van der Waals surface area contributed by atoms with Gasteiger partial charge in [-0.1, -0.05) is 6.42 Å². The number of carboxylic acids is 1. The van der Waals surface area contributed by atoms with Crippen LogP contribution >= 0.6 is 0 Å². The first-order valence-corrected chi connectivity index (χ1v) is 8.26. The minimum Gasteiger partial charge on any atom is -0.480 e. The summed E-state index contributed by atoms with van der Waals surface area (Å²) in [5.74, 6) is -2.98. The molecule has 1 rings (SSSR count). The summed E-state index contributed by atoms with van der Waals surface area (Å²) >= 11 is 0. The number of nitrogens with one attached hydrogen (secondary N) is 1. The number of carbonyl (C=O) groups excluding carboxylic acids is 2. The van der Waals surface area contributed by atoms with Crippen LogP contribution in [0.25, 0.3) is 0 Å². The second-order valence-electron chi connectivity index (χ2n) is 6.77. The molecule has 11 heteroatoms. The maximum Gasteiger partial charge on any atom is 0.451 e.